The first-order valence-corrected chi connectivity index (χ1v) is 12.6. The van der Waals surface area contributed by atoms with Gasteiger partial charge in [-0.25, -0.2) is 9.97 Å². The zero-order valence-corrected chi connectivity index (χ0v) is 20.9. The minimum absolute atomic E-state index is 0.197. The van der Waals surface area contributed by atoms with E-state index >= 15 is 0 Å². The van der Waals surface area contributed by atoms with Crippen LogP contribution < -0.4 is 15.4 Å². The Labute approximate surface area is 212 Å². The Kier molecular flexibility index (Phi) is 7.01. The number of nitrogens with zero attached hydrogens (tertiary/aromatic N) is 3. The summed E-state index contributed by atoms with van der Waals surface area (Å²) in [4.78, 5) is 14.3. The highest BCUT2D eigenvalue weighted by molar-refractivity contribution is 7.21. The van der Waals surface area contributed by atoms with Crippen molar-refractivity contribution in [3.63, 3.8) is 0 Å². The second kappa shape index (κ2) is 10.4. The molecular formula is C26H29N5O4S. The van der Waals surface area contributed by atoms with Crippen molar-refractivity contribution >= 4 is 33.3 Å². The number of nitrogens with one attached hydrogen (secondary N) is 2. The molecule has 0 amide bonds. The molecule has 4 aromatic rings. The molecule has 0 saturated heterocycles. The number of aryl methyl sites for hydroxylation is 1. The monoisotopic (exact) mass is 507 g/mol. The van der Waals surface area contributed by atoms with Gasteiger partial charge in [-0.05, 0) is 43.2 Å². The molecule has 5 rings (SSSR count). The predicted molar refractivity (Wildman–Crippen MR) is 140 cm³/mol. The molecule has 10 heteroatoms. The maximum Gasteiger partial charge on any atom is 0.225 e. The number of benzene rings is 2. The molecule has 188 valence electrons. The smallest absolute Gasteiger partial charge is 0.225 e. The maximum atomic E-state index is 10.6. The van der Waals surface area contributed by atoms with Gasteiger partial charge < -0.3 is 30.7 Å². The molecule has 1 aliphatic carbocycles. The summed E-state index contributed by atoms with van der Waals surface area (Å²) in [5, 5.41) is 37.9. The van der Waals surface area contributed by atoms with Crippen LogP contribution in [0.2, 0.25) is 0 Å². The number of hydrogen-bond donors (Lipinski definition) is 5. The molecule has 0 spiro atoms. The molecule has 0 bridgehead atoms. The van der Waals surface area contributed by atoms with E-state index in [0.717, 1.165) is 37.8 Å². The van der Waals surface area contributed by atoms with E-state index < -0.39 is 24.2 Å². The summed E-state index contributed by atoms with van der Waals surface area (Å²) in [6.45, 7) is 2.20. The van der Waals surface area contributed by atoms with Crippen molar-refractivity contribution in [3.05, 3.63) is 59.8 Å². The van der Waals surface area contributed by atoms with Gasteiger partial charge in [-0.3, -0.25) is 0 Å². The molecule has 0 unspecified atom stereocenters. The number of para-hydroxylation sites is 1. The van der Waals surface area contributed by atoms with Gasteiger partial charge in [0, 0.05) is 19.1 Å². The number of rotatable bonds is 8. The minimum atomic E-state index is -1.03. The molecule has 4 atom stereocenters. The molecule has 1 aliphatic rings. The lowest BCUT2D eigenvalue weighted by Crippen LogP contribution is -2.35. The van der Waals surface area contributed by atoms with E-state index in [1.165, 1.54) is 0 Å². The predicted octanol–water partition coefficient (Wildman–Crippen LogP) is 3.20. The fraction of sp³-hybridized carbons (Fsp3) is 0.346. The lowest BCUT2D eigenvalue weighted by Gasteiger charge is -2.21. The molecule has 2 aromatic heterocycles. The lowest BCUT2D eigenvalue weighted by atomic mass is 10.1. The Morgan fingerprint density at radius 2 is 1.89 bits per heavy atom. The average molecular weight is 508 g/mol. The summed E-state index contributed by atoms with van der Waals surface area (Å²) in [6, 6.07) is 15.2. The van der Waals surface area contributed by atoms with Gasteiger partial charge in [-0.2, -0.15) is 4.98 Å². The van der Waals surface area contributed by atoms with Crippen LogP contribution in [0.15, 0.2) is 48.5 Å². The number of aromatic nitrogens is 3. The van der Waals surface area contributed by atoms with Crippen LogP contribution in [0.3, 0.4) is 0 Å². The number of methoxy groups -OCH3 is 1. The molecule has 0 radical (unpaired) electrons. The number of fused-ring (bicyclic) bond motifs is 1. The van der Waals surface area contributed by atoms with Crippen molar-refractivity contribution in [2.45, 2.75) is 38.1 Å². The summed E-state index contributed by atoms with van der Waals surface area (Å²) in [6.07, 6.45) is -1.63. The topological polar surface area (TPSA) is 133 Å². The fourth-order valence-corrected chi connectivity index (χ4v) is 5.64. The summed E-state index contributed by atoms with van der Waals surface area (Å²) in [5.74, 6) is 1.31. The highest BCUT2D eigenvalue weighted by Gasteiger charge is 2.41. The van der Waals surface area contributed by atoms with E-state index in [4.69, 9.17) is 19.7 Å². The highest BCUT2D eigenvalue weighted by atomic mass is 32.1. The van der Waals surface area contributed by atoms with Crippen LogP contribution in [-0.4, -0.2) is 62.2 Å². The van der Waals surface area contributed by atoms with Gasteiger partial charge >= 0.3 is 0 Å². The third kappa shape index (κ3) is 4.85. The van der Waals surface area contributed by atoms with Crippen LogP contribution in [0.4, 0.5) is 11.8 Å². The van der Waals surface area contributed by atoms with E-state index in [1.807, 2.05) is 55.5 Å². The molecule has 9 nitrogen and oxygen atoms in total. The van der Waals surface area contributed by atoms with Crippen molar-refractivity contribution in [1.82, 2.24) is 15.0 Å². The quantitative estimate of drug-likeness (QED) is 0.244. The lowest BCUT2D eigenvalue weighted by molar-refractivity contribution is 0.00446. The van der Waals surface area contributed by atoms with Crippen LogP contribution in [0.25, 0.3) is 20.8 Å². The molecule has 36 heavy (non-hydrogen) atoms. The van der Waals surface area contributed by atoms with E-state index in [0.29, 0.717) is 24.7 Å². The Balaban J connectivity index is 1.50. The molecule has 1 saturated carbocycles. The Hall–Kier alpha value is -3.31. The highest BCUT2D eigenvalue weighted by Crippen LogP contribution is 2.38. The largest absolute Gasteiger partial charge is 0.497 e. The summed E-state index contributed by atoms with van der Waals surface area (Å²) in [5.41, 5.74) is 3.38. The first-order valence-electron chi connectivity index (χ1n) is 11.8. The second-order valence-electron chi connectivity index (χ2n) is 8.96. The van der Waals surface area contributed by atoms with E-state index in [-0.39, 0.29) is 6.61 Å². The van der Waals surface area contributed by atoms with Crippen molar-refractivity contribution in [1.29, 1.82) is 0 Å². The summed E-state index contributed by atoms with van der Waals surface area (Å²) >= 11 is 1.55. The zero-order valence-electron chi connectivity index (χ0n) is 20.0. The van der Waals surface area contributed by atoms with Crippen LogP contribution in [0, 0.1) is 12.8 Å². The first kappa shape index (κ1) is 24.4. The third-order valence-electron chi connectivity index (χ3n) is 6.54. The van der Waals surface area contributed by atoms with E-state index in [1.54, 1.807) is 18.4 Å². The van der Waals surface area contributed by atoms with Crippen LogP contribution in [0.5, 0.6) is 5.75 Å². The number of hydrogen-bond acceptors (Lipinski definition) is 10. The van der Waals surface area contributed by atoms with E-state index in [2.05, 4.69) is 10.6 Å². The third-order valence-corrected chi connectivity index (χ3v) is 7.59. The van der Waals surface area contributed by atoms with Crippen molar-refractivity contribution in [2.75, 3.05) is 24.4 Å². The summed E-state index contributed by atoms with van der Waals surface area (Å²) in [7, 11) is 1.63. The Bertz CT molecular complexity index is 1330. The normalized spacial score (nSPS) is 21.6. The number of thiazole rings is 1. The zero-order chi connectivity index (χ0) is 25.2. The van der Waals surface area contributed by atoms with Gasteiger partial charge in [-0.15, -0.1) is 11.3 Å². The molecule has 5 N–H and O–H groups in total. The number of aliphatic hydroxyl groups is 3. The number of aliphatic hydroxyl groups excluding tert-OH is 3. The Morgan fingerprint density at radius 1 is 1.06 bits per heavy atom. The van der Waals surface area contributed by atoms with E-state index in [9.17, 15) is 15.3 Å². The molecule has 1 fully saturated rings. The molecule has 0 aliphatic heterocycles. The van der Waals surface area contributed by atoms with Crippen LogP contribution in [0.1, 0.15) is 17.7 Å². The van der Waals surface area contributed by atoms with Crippen LogP contribution in [-0.2, 0) is 6.54 Å². The van der Waals surface area contributed by atoms with Gasteiger partial charge in [0.1, 0.15) is 22.7 Å². The SMILES string of the molecule is COc1cccc(CNc2nc(C)c(-c3nc4ccccc4s3)c(N[C@@H]3C[C@H](CO)[C@@H](O)[C@H]3O)n2)c1. The molecule has 2 aromatic carbocycles. The Morgan fingerprint density at radius 3 is 2.64 bits per heavy atom. The van der Waals surface area contributed by atoms with Crippen LogP contribution >= 0.6 is 11.3 Å². The standard InChI is InChI=1S/C26H29N5O4S/c1-14-21(25-30-18-8-3-4-9-20(18)36-25)24(29-19-11-16(13-32)22(33)23(19)34)31-26(28-14)27-12-15-6-5-7-17(10-15)35-2/h3-10,16,19,22-23,32-34H,11-13H2,1-2H3,(H2,27,28,29,31)/t16-,19-,22-,23+/m1/s1. The molecular weight excluding hydrogens is 478 g/mol. The van der Waals surface area contributed by atoms with Gasteiger partial charge in [0.15, 0.2) is 0 Å². The van der Waals surface area contributed by atoms with Gasteiger partial charge in [0.25, 0.3) is 0 Å². The fourth-order valence-electron chi connectivity index (χ4n) is 4.58. The summed E-state index contributed by atoms with van der Waals surface area (Å²) < 4.78 is 6.36. The van der Waals surface area contributed by atoms with Crippen molar-refractivity contribution in [2.24, 2.45) is 5.92 Å². The molecule has 2 heterocycles. The average Bonchev–Trinajstić information content (AvgIpc) is 3.43. The first-order chi connectivity index (χ1) is 17.5. The van der Waals surface area contributed by atoms with Gasteiger partial charge in [0.05, 0.1) is 40.7 Å². The number of ether oxygens (including phenoxy) is 1. The van der Waals surface area contributed by atoms with Gasteiger partial charge in [-0.1, -0.05) is 24.3 Å². The van der Waals surface area contributed by atoms with Gasteiger partial charge in [0.2, 0.25) is 5.95 Å². The maximum absolute atomic E-state index is 10.6. The van der Waals surface area contributed by atoms with Crippen molar-refractivity contribution < 1.29 is 20.1 Å². The number of anilines is 2. The minimum Gasteiger partial charge on any atom is -0.497 e. The second-order valence-corrected chi connectivity index (χ2v) is 9.99. The van der Waals surface area contributed by atoms with Crippen molar-refractivity contribution in [3.8, 4) is 16.3 Å².